The predicted octanol–water partition coefficient (Wildman–Crippen LogP) is 5.91. The molecule has 0 fully saturated rings. The zero-order valence-corrected chi connectivity index (χ0v) is 20.0. The van der Waals surface area contributed by atoms with Gasteiger partial charge in [-0.15, -0.1) is 0 Å². The van der Waals surface area contributed by atoms with Gasteiger partial charge in [-0.1, -0.05) is 48.5 Å². The van der Waals surface area contributed by atoms with Crippen molar-refractivity contribution >= 4 is 23.5 Å². The standard InChI is InChI=1S/C28H26FN5O2.3H2/c1-18(2)34(17-19-9-4-3-5-10-19)27(36)23-16-31-28(32-21-12-8-11-20(15-21)26(30)35)33-25(23)22-13-6-7-14-24(22)29;;;/h3-16,18H,17H2,1-2H3,(H2,30,35)(H,31,32,33);3*1H. The van der Waals surface area contributed by atoms with Gasteiger partial charge in [0.1, 0.15) is 5.82 Å². The molecule has 1 heterocycles. The van der Waals surface area contributed by atoms with Crippen molar-refractivity contribution in [2.24, 2.45) is 5.73 Å². The Bertz CT molecular complexity index is 1410. The van der Waals surface area contributed by atoms with Crippen LogP contribution >= 0.6 is 0 Å². The summed E-state index contributed by atoms with van der Waals surface area (Å²) in [4.78, 5) is 35.8. The van der Waals surface area contributed by atoms with Crippen LogP contribution in [0.25, 0.3) is 11.3 Å². The predicted molar refractivity (Wildman–Crippen MR) is 143 cm³/mol. The van der Waals surface area contributed by atoms with Crippen LogP contribution in [-0.2, 0) is 6.54 Å². The van der Waals surface area contributed by atoms with Crippen molar-refractivity contribution in [2.75, 3.05) is 5.32 Å². The minimum absolute atomic E-state index is 0. The van der Waals surface area contributed by atoms with E-state index < -0.39 is 11.7 Å². The zero-order chi connectivity index (χ0) is 25.7. The minimum atomic E-state index is -0.570. The highest BCUT2D eigenvalue weighted by molar-refractivity contribution is 6.00. The van der Waals surface area contributed by atoms with E-state index in [1.165, 1.54) is 12.3 Å². The fourth-order valence-electron chi connectivity index (χ4n) is 3.76. The molecule has 3 aromatic carbocycles. The van der Waals surface area contributed by atoms with E-state index in [9.17, 15) is 14.0 Å². The largest absolute Gasteiger partial charge is 0.366 e. The highest BCUT2D eigenvalue weighted by Crippen LogP contribution is 2.28. The van der Waals surface area contributed by atoms with Gasteiger partial charge in [0.25, 0.3) is 5.91 Å². The monoisotopic (exact) mass is 489 g/mol. The maximum atomic E-state index is 14.9. The molecule has 188 valence electrons. The molecule has 3 N–H and O–H groups in total. The van der Waals surface area contributed by atoms with E-state index in [-0.39, 0.29) is 39.0 Å². The fourth-order valence-corrected chi connectivity index (χ4v) is 3.76. The summed E-state index contributed by atoms with van der Waals surface area (Å²) in [5.74, 6) is -1.24. The first kappa shape index (κ1) is 24.5. The van der Waals surface area contributed by atoms with Gasteiger partial charge in [-0.3, -0.25) is 9.59 Å². The number of hydrogen-bond donors (Lipinski definition) is 2. The highest BCUT2D eigenvalue weighted by atomic mass is 19.1. The normalized spacial score (nSPS) is 10.8. The molecule has 0 saturated heterocycles. The lowest BCUT2D eigenvalue weighted by molar-refractivity contribution is 0.0690. The van der Waals surface area contributed by atoms with Gasteiger partial charge in [-0.05, 0) is 49.7 Å². The van der Waals surface area contributed by atoms with Gasteiger partial charge >= 0.3 is 0 Å². The molecule has 2 amide bonds. The van der Waals surface area contributed by atoms with E-state index in [1.54, 1.807) is 47.4 Å². The molecule has 0 atom stereocenters. The van der Waals surface area contributed by atoms with Gasteiger partial charge < -0.3 is 16.0 Å². The Morgan fingerprint density at radius 1 is 1.03 bits per heavy atom. The minimum Gasteiger partial charge on any atom is -0.366 e. The van der Waals surface area contributed by atoms with Crippen LogP contribution in [0.4, 0.5) is 16.0 Å². The van der Waals surface area contributed by atoms with Crippen molar-refractivity contribution in [1.29, 1.82) is 0 Å². The van der Waals surface area contributed by atoms with Crippen molar-refractivity contribution in [3.8, 4) is 11.3 Å². The molecule has 0 aliphatic heterocycles. The first-order chi connectivity index (χ1) is 17.3. The Morgan fingerprint density at radius 2 is 1.75 bits per heavy atom. The van der Waals surface area contributed by atoms with E-state index in [0.717, 1.165) is 5.56 Å². The number of benzene rings is 3. The number of carbonyl (C=O) groups excluding carboxylic acids is 2. The number of nitrogens with two attached hydrogens (primary N) is 1. The Labute approximate surface area is 213 Å². The van der Waals surface area contributed by atoms with Gasteiger partial charge in [0, 0.05) is 39.9 Å². The number of carbonyl (C=O) groups is 2. The molecular formula is C28H32FN5O2. The van der Waals surface area contributed by atoms with Crippen molar-refractivity contribution in [1.82, 2.24) is 14.9 Å². The van der Waals surface area contributed by atoms with Crippen LogP contribution in [0.3, 0.4) is 0 Å². The molecule has 7 nitrogen and oxygen atoms in total. The summed E-state index contributed by atoms with van der Waals surface area (Å²) < 4.78 is 14.9. The summed E-state index contributed by atoms with van der Waals surface area (Å²) in [7, 11) is 0. The van der Waals surface area contributed by atoms with Gasteiger partial charge in [-0.25, -0.2) is 14.4 Å². The number of hydrogen-bond acceptors (Lipinski definition) is 5. The van der Waals surface area contributed by atoms with Gasteiger partial charge in [0.2, 0.25) is 11.9 Å². The smallest absolute Gasteiger partial charge is 0.258 e. The molecule has 1 aromatic heterocycles. The fraction of sp³-hybridized carbons (Fsp3) is 0.143. The first-order valence-electron chi connectivity index (χ1n) is 11.5. The van der Waals surface area contributed by atoms with E-state index in [4.69, 9.17) is 5.73 Å². The van der Waals surface area contributed by atoms with Crippen LogP contribution in [-0.4, -0.2) is 32.7 Å². The molecule has 4 rings (SSSR count). The number of amides is 2. The molecule has 0 aliphatic carbocycles. The average Bonchev–Trinajstić information content (AvgIpc) is 2.88. The van der Waals surface area contributed by atoms with Crippen LogP contribution in [0.15, 0.2) is 85.1 Å². The quantitative estimate of drug-likeness (QED) is 0.320. The lowest BCUT2D eigenvalue weighted by atomic mass is 10.0. The molecule has 0 aliphatic rings. The second-order valence-corrected chi connectivity index (χ2v) is 8.52. The third kappa shape index (κ3) is 5.55. The Morgan fingerprint density at radius 3 is 2.44 bits per heavy atom. The maximum Gasteiger partial charge on any atom is 0.258 e. The lowest BCUT2D eigenvalue weighted by Crippen LogP contribution is -2.37. The number of primary amides is 1. The SMILES string of the molecule is CC(C)N(Cc1ccccc1)C(=O)c1cnc(Nc2cccc(C(N)=O)c2)nc1-c1ccccc1F.[HH].[HH].[HH]. The molecular weight excluding hydrogens is 457 g/mol. The topological polar surface area (TPSA) is 101 Å². The van der Waals surface area contributed by atoms with Crippen LogP contribution in [0, 0.1) is 5.82 Å². The van der Waals surface area contributed by atoms with Crippen LogP contribution in [0.1, 0.15) is 44.4 Å². The number of rotatable bonds is 8. The number of nitrogens with one attached hydrogen (secondary N) is 1. The number of aromatic nitrogens is 2. The second-order valence-electron chi connectivity index (χ2n) is 8.52. The average molecular weight is 490 g/mol. The summed E-state index contributed by atoms with van der Waals surface area (Å²) >= 11 is 0. The number of halogens is 1. The number of nitrogens with zero attached hydrogens (tertiary/aromatic N) is 3. The Hall–Kier alpha value is -4.59. The highest BCUT2D eigenvalue weighted by Gasteiger charge is 2.25. The summed E-state index contributed by atoms with van der Waals surface area (Å²) in [5.41, 5.74) is 7.71. The Kier molecular flexibility index (Phi) is 7.34. The molecule has 36 heavy (non-hydrogen) atoms. The van der Waals surface area contributed by atoms with Gasteiger partial charge in [0.15, 0.2) is 0 Å². The van der Waals surface area contributed by atoms with Gasteiger partial charge in [0.05, 0.1) is 11.3 Å². The molecule has 0 bridgehead atoms. The molecule has 0 spiro atoms. The van der Waals surface area contributed by atoms with Crippen LogP contribution < -0.4 is 11.1 Å². The van der Waals surface area contributed by atoms with Crippen LogP contribution in [0.2, 0.25) is 0 Å². The first-order valence-corrected chi connectivity index (χ1v) is 11.5. The zero-order valence-electron chi connectivity index (χ0n) is 20.0. The molecule has 0 saturated carbocycles. The number of anilines is 2. The summed E-state index contributed by atoms with van der Waals surface area (Å²) in [5, 5.41) is 3.01. The molecule has 8 heteroatoms. The summed E-state index contributed by atoms with van der Waals surface area (Å²) in [6, 6.07) is 22.2. The Balaban J connectivity index is 0.00000253. The van der Waals surface area contributed by atoms with Crippen molar-refractivity contribution in [3.63, 3.8) is 0 Å². The third-order valence-corrected chi connectivity index (χ3v) is 5.63. The van der Waals surface area contributed by atoms with Crippen molar-refractivity contribution in [3.05, 3.63) is 108 Å². The second kappa shape index (κ2) is 10.8. The van der Waals surface area contributed by atoms with E-state index in [2.05, 4.69) is 15.3 Å². The van der Waals surface area contributed by atoms with Crippen molar-refractivity contribution < 1.29 is 18.3 Å². The molecule has 0 unspecified atom stereocenters. The van der Waals surface area contributed by atoms with E-state index >= 15 is 0 Å². The van der Waals surface area contributed by atoms with Gasteiger partial charge in [-0.2, -0.15) is 0 Å². The summed E-state index contributed by atoms with van der Waals surface area (Å²) in [6.45, 7) is 4.23. The lowest BCUT2D eigenvalue weighted by Gasteiger charge is -2.27. The van der Waals surface area contributed by atoms with E-state index in [1.807, 2.05) is 44.2 Å². The van der Waals surface area contributed by atoms with Crippen LogP contribution in [0.5, 0.6) is 0 Å². The maximum absolute atomic E-state index is 14.9. The van der Waals surface area contributed by atoms with E-state index in [0.29, 0.717) is 17.8 Å². The molecule has 4 aromatic rings. The third-order valence-electron chi connectivity index (χ3n) is 5.63. The molecule has 0 radical (unpaired) electrons. The summed E-state index contributed by atoms with van der Waals surface area (Å²) in [6.07, 6.45) is 1.40. The van der Waals surface area contributed by atoms with Crippen molar-refractivity contribution in [2.45, 2.75) is 26.4 Å².